The van der Waals surface area contributed by atoms with Crippen molar-refractivity contribution in [1.82, 2.24) is 4.98 Å². The van der Waals surface area contributed by atoms with Crippen molar-refractivity contribution < 1.29 is 13.2 Å². The van der Waals surface area contributed by atoms with E-state index in [-0.39, 0.29) is 16.6 Å². The molecule has 0 saturated carbocycles. The Bertz CT molecular complexity index is 980. The molecule has 128 valence electrons. The lowest BCUT2D eigenvalue weighted by Gasteiger charge is -2.19. The molecule has 0 aliphatic carbocycles. The van der Waals surface area contributed by atoms with E-state index in [1.807, 2.05) is 6.07 Å². The summed E-state index contributed by atoms with van der Waals surface area (Å²) in [5, 5.41) is 11.7. The zero-order chi connectivity index (χ0) is 18.0. The van der Waals surface area contributed by atoms with E-state index >= 15 is 0 Å². The number of carbonyl (C=O) groups excluding carboxylic acids is 1. The number of benzene rings is 1. The molecular weight excluding hydrogens is 340 g/mol. The van der Waals surface area contributed by atoms with Gasteiger partial charge in [-0.1, -0.05) is 0 Å². The predicted molar refractivity (Wildman–Crippen MR) is 92.6 cm³/mol. The Morgan fingerprint density at radius 3 is 2.80 bits per heavy atom. The van der Waals surface area contributed by atoms with Gasteiger partial charge in [-0.05, 0) is 48.7 Å². The monoisotopic (exact) mass is 356 g/mol. The molecule has 1 N–H and O–H groups in total. The summed E-state index contributed by atoms with van der Waals surface area (Å²) in [7, 11) is -2.43. The second-order valence-corrected chi connectivity index (χ2v) is 7.68. The van der Waals surface area contributed by atoms with Crippen LogP contribution in [-0.4, -0.2) is 26.4 Å². The molecule has 1 amide bonds. The number of nitriles is 1. The number of fused-ring (bicyclic) bond motifs is 1. The average Bonchev–Trinajstić information content (AvgIpc) is 2.80. The molecule has 25 heavy (non-hydrogen) atoms. The van der Waals surface area contributed by atoms with E-state index in [2.05, 4.69) is 10.3 Å². The minimum atomic E-state index is -3.83. The lowest BCUT2D eigenvalue weighted by molar-refractivity contribution is -0.116. The van der Waals surface area contributed by atoms with E-state index in [4.69, 9.17) is 5.26 Å². The third-order valence-corrected chi connectivity index (χ3v) is 5.81. The van der Waals surface area contributed by atoms with Crippen LogP contribution in [0.4, 0.5) is 11.5 Å². The molecule has 1 aliphatic rings. The molecule has 0 saturated heterocycles. The molecular formula is C17H16N4O3S. The number of hydrogen-bond acceptors (Lipinski definition) is 5. The Morgan fingerprint density at radius 1 is 1.24 bits per heavy atom. The van der Waals surface area contributed by atoms with Gasteiger partial charge < -0.3 is 5.32 Å². The summed E-state index contributed by atoms with van der Waals surface area (Å²) in [4.78, 5) is 15.8. The first-order valence-electron chi connectivity index (χ1n) is 7.69. The molecule has 1 aromatic heterocycles. The van der Waals surface area contributed by atoms with Gasteiger partial charge in [0.2, 0.25) is 5.91 Å². The van der Waals surface area contributed by atoms with Gasteiger partial charge in [0, 0.05) is 25.4 Å². The highest BCUT2D eigenvalue weighted by atomic mass is 32.2. The average molecular weight is 356 g/mol. The number of aryl methyl sites for hydroxylation is 1. The van der Waals surface area contributed by atoms with Crippen LogP contribution in [0.2, 0.25) is 0 Å². The molecule has 2 aromatic rings. The molecule has 0 atom stereocenters. The van der Waals surface area contributed by atoms with E-state index in [9.17, 15) is 13.2 Å². The van der Waals surface area contributed by atoms with Crippen molar-refractivity contribution in [3.05, 3.63) is 47.7 Å². The molecule has 0 unspecified atom stereocenters. The van der Waals surface area contributed by atoms with Crippen LogP contribution >= 0.6 is 0 Å². The van der Waals surface area contributed by atoms with E-state index in [1.54, 1.807) is 12.1 Å². The van der Waals surface area contributed by atoms with Crippen LogP contribution < -0.4 is 9.62 Å². The van der Waals surface area contributed by atoms with Gasteiger partial charge in [-0.25, -0.2) is 13.4 Å². The van der Waals surface area contributed by atoms with Gasteiger partial charge >= 0.3 is 0 Å². The summed E-state index contributed by atoms with van der Waals surface area (Å²) in [5.74, 6) is 0.103. The van der Waals surface area contributed by atoms with Crippen LogP contribution in [0.15, 0.2) is 41.4 Å². The Morgan fingerprint density at radius 2 is 2.04 bits per heavy atom. The number of aromatic nitrogens is 1. The quantitative estimate of drug-likeness (QED) is 0.906. The van der Waals surface area contributed by atoms with Crippen molar-refractivity contribution in [3.63, 3.8) is 0 Å². The number of sulfonamides is 1. The van der Waals surface area contributed by atoms with Gasteiger partial charge in [0.25, 0.3) is 10.0 Å². The zero-order valence-electron chi connectivity index (χ0n) is 13.6. The van der Waals surface area contributed by atoms with Crippen molar-refractivity contribution >= 4 is 27.4 Å². The standard InChI is InChI=1S/C17H16N4O3S/c1-21(16-9-12(11-18)7-8-19-16)25(23,24)14-5-6-15-13(10-14)3-2-4-17(22)20-15/h5-10H,2-4H2,1H3,(H,20,22). The Labute approximate surface area is 146 Å². The Balaban J connectivity index is 1.98. The molecule has 0 radical (unpaired) electrons. The van der Waals surface area contributed by atoms with Gasteiger partial charge in [0.1, 0.15) is 5.82 Å². The molecule has 7 nitrogen and oxygen atoms in total. The fourth-order valence-electron chi connectivity index (χ4n) is 2.65. The molecule has 0 bridgehead atoms. The van der Waals surface area contributed by atoms with E-state index in [0.29, 0.717) is 30.5 Å². The maximum Gasteiger partial charge on any atom is 0.265 e. The second kappa shape index (κ2) is 6.53. The first kappa shape index (κ1) is 16.9. The summed E-state index contributed by atoms with van der Waals surface area (Å²) >= 11 is 0. The predicted octanol–water partition coefficient (Wildman–Crippen LogP) is 2.05. The largest absolute Gasteiger partial charge is 0.326 e. The fourth-order valence-corrected chi connectivity index (χ4v) is 3.85. The summed E-state index contributed by atoms with van der Waals surface area (Å²) in [5.41, 5.74) is 1.77. The highest BCUT2D eigenvalue weighted by molar-refractivity contribution is 7.92. The van der Waals surface area contributed by atoms with Gasteiger partial charge in [-0.3, -0.25) is 9.10 Å². The van der Waals surface area contributed by atoms with Crippen LogP contribution in [0.1, 0.15) is 24.0 Å². The molecule has 8 heteroatoms. The summed E-state index contributed by atoms with van der Waals surface area (Å²) in [6.45, 7) is 0. The molecule has 2 heterocycles. The van der Waals surface area contributed by atoms with Crippen LogP contribution in [0, 0.1) is 11.3 Å². The number of rotatable bonds is 3. The summed E-state index contributed by atoms with van der Waals surface area (Å²) in [6, 6.07) is 9.55. The fraction of sp³-hybridized carbons (Fsp3) is 0.235. The zero-order valence-corrected chi connectivity index (χ0v) is 14.4. The van der Waals surface area contributed by atoms with Crippen molar-refractivity contribution in [3.8, 4) is 6.07 Å². The number of pyridine rings is 1. The minimum Gasteiger partial charge on any atom is -0.326 e. The van der Waals surface area contributed by atoms with Crippen LogP contribution in [0.3, 0.4) is 0 Å². The number of amides is 1. The van der Waals surface area contributed by atoms with E-state index in [1.165, 1.54) is 31.4 Å². The lowest BCUT2D eigenvalue weighted by atomic mass is 10.1. The van der Waals surface area contributed by atoms with Crippen molar-refractivity contribution in [1.29, 1.82) is 5.26 Å². The summed E-state index contributed by atoms with van der Waals surface area (Å²) < 4.78 is 26.8. The number of anilines is 2. The van der Waals surface area contributed by atoms with Crippen molar-refractivity contribution in [2.24, 2.45) is 0 Å². The molecule has 0 spiro atoms. The topological polar surface area (TPSA) is 103 Å². The second-order valence-electron chi connectivity index (χ2n) is 5.71. The first-order chi connectivity index (χ1) is 11.9. The smallest absolute Gasteiger partial charge is 0.265 e. The van der Waals surface area contributed by atoms with Gasteiger partial charge in [-0.2, -0.15) is 5.26 Å². The minimum absolute atomic E-state index is 0.0657. The normalized spacial score (nSPS) is 14.0. The van der Waals surface area contributed by atoms with Crippen LogP contribution in [0.5, 0.6) is 0 Å². The molecule has 1 aliphatic heterocycles. The molecule has 0 fully saturated rings. The maximum absolute atomic E-state index is 12.9. The van der Waals surface area contributed by atoms with Crippen molar-refractivity contribution in [2.45, 2.75) is 24.2 Å². The Kier molecular flexibility index (Phi) is 4.42. The third kappa shape index (κ3) is 3.32. The maximum atomic E-state index is 12.9. The lowest BCUT2D eigenvalue weighted by Crippen LogP contribution is -2.27. The van der Waals surface area contributed by atoms with Gasteiger partial charge in [0.15, 0.2) is 0 Å². The Hall–Kier alpha value is -2.92. The van der Waals surface area contributed by atoms with Crippen LogP contribution in [0.25, 0.3) is 0 Å². The third-order valence-electron chi connectivity index (χ3n) is 4.06. The first-order valence-corrected chi connectivity index (χ1v) is 9.13. The molecule has 1 aromatic carbocycles. The highest BCUT2D eigenvalue weighted by Gasteiger charge is 2.24. The van der Waals surface area contributed by atoms with E-state index in [0.717, 1.165) is 9.87 Å². The highest BCUT2D eigenvalue weighted by Crippen LogP contribution is 2.27. The number of nitrogens with one attached hydrogen (secondary N) is 1. The van der Waals surface area contributed by atoms with Gasteiger partial charge in [-0.15, -0.1) is 0 Å². The number of hydrogen-bond donors (Lipinski definition) is 1. The summed E-state index contributed by atoms with van der Waals surface area (Å²) in [6.07, 6.45) is 3.11. The SMILES string of the molecule is CN(c1cc(C#N)ccn1)S(=O)(=O)c1ccc2c(c1)CCCC(=O)N2. The number of carbonyl (C=O) groups is 1. The number of nitrogens with zero attached hydrogens (tertiary/aromatic N) is 3. The molecule has 3 rings (SSSR count). The van der Waals surface area contributed by atoms with E-state index < -0.39 is 10.0 Å². The van der Waals surface area contributed by atoms with Crippen LogP contribution in [-0.2, 0) is 21.2 Å². The van der Waals surface area contributed by atoms with Gasteiger partial charge in [0.05, 0.1) is 16.5 Å². The van der Waals surface area contributed by atoms with Crippen molar-refractivity contribution in [2.75, 3.05) is 16.7 Å².